The molecule has 1 aromatic heterocycles. The van der Waals surface area contributed by atoms with Crippen molar-refractivity contribution in [2.45, 2.75) is 13.0 Å². The topological polar surface area (TPSA) is 69.6 Å². The number of halogens is 2. The van der Waals surface area contributed by atoms with Gasteiger partial charge in [-0.15, -0.1) is 5.10 Å². The van der Waals surface area contributed by atoms with Crippen molar-refractivity contribution in [2.75, 3.05) is 0 Å². The highest BCUT2D eigenvalue weighted by molar-refractivity contribution is 6.32. The third kappa shape index (κ3) is 1.89. The number of aromatic nitrogens is 4. The van der Waals surface area contributed by atoms with Crippen LogP contribution in [0.2, 0.25) is 5.02 Å². The van der Waals surface area contributed by atoms with Gasteiger partial charge in [0.25, 0.3) is 0 Å². The molecule has 0 spiro atoms. The Bertz CT molecular complexity index is 510. The third-order valence-corrected chi connectivity index (χ3v) is 2.34. The lowest BCUT2D eigenvalue weighted by atomic mass is 10.3. The van der Waals surface area contributed by atoms with Gasteiger partial charge in [0.05, 0.1) is 16.8 Å². The standard InChI is InChI=1S/C9H9ClFN5/c1-5(12)9-13-14-15-16(9)8-3-2-6(11)4-7(8)10/h2-5H,12H2,1H3. The summed E-state index contributed by atoms with van der Waals surface area (Å²) < 4.78 is 14.3. The predicted octanol–water partition coefficient (Wildman–Crippen LogP) is 1.47. The molecule has 84 valence electrons. The zero-order valence-corrected chi connectivity index (χ0v) is 9.19. The van der Waals surface area contributed by atoms with Gasteiger partial charge in [-0.25, -0.2) is 4.39 Å². The Kier molecular flexibility index (Phi) is 2.84. The second-order valence-electron chi connectivity index (χ2n) is 3.33. The maximum atomic E-state index is 12.9. The summed E-state index contributed by atoms with van der Waals surface area (Å²) >= 11 is 5.90. The first-order valence-corrected chi connectivity index (χ1v) is 4.96. The molecule has 1 atom stereocenters. The summed E-state index contributed by atoms with van der Waals surface area (Å²) in [6, 6.07) is 3.65. The first kappa shape index (κ1) is 11.0. The van der Waals surface area contributed by atoms with Crippen LogP contribution in [0.5, 0.6) is 0 Å². The molecule has 2 aromatic rings. The lowest BCUT2D eigenvalue weighted by Crippen LogP contribution is -2.13. The molecule has 0 radical (unpaired) electrons. The summed E-state index contributed by atoms with van der Waals surface area (Å²) in [7, 11) is 0. The summed E-state index contributed by atoms with van der Waals surface area (Å²) in [5.74, 6) is 0.0534. The fourth-order valence-electron chi connectivity index (χ4n) is 1.30. The van der Waals surface area contributed by atoms with Crippen LogP contribution < -0.4 is 5.73 Å². The molecule has 1 heterocycles. The first-order chi connectivity index (χ1) is 7.59. The number of hydrogen-bond acceptors (Lipinski definition) is 4. The van der Waals surface area contributed by atoms with Gasteiger partial charge < -0.3 is 5.73 Å². The maximum Gasteiger partial charge on any atom is 0.173 e. The Morgan fingerprint density at radius 3 is 2.88 bits per heavy atom. The highest BCUT2D eigenvalue weighted by atomic mass is 35.5. The van der Waals surface area contributed by atoms with Gasteiger partial charge in [0, 0.05) is 0 Å². The molecule has 0 bridgehead atoms. The highest BCUT2D eigenvalue weighted by Gasteiger charge is 2.14. The molecule has 0 saturated carbocycles. The van der Waals surface area contributed by atoms with Crippen LogP contribution >= 0.6 is 11.6 Å². The van der Waals surface area contributed by atoms with Gasteiger partial charge in [0.1, 0.15) is 5.82 Å². The number of rotatable bonds is 2. The normalized spacial score (nSPS) is 12.8. The van der Waals surface area contributed by atoms with Crippen LogP contribution in [0.1, 0.15) is 18.8 Å². The SMILES string of the molecule is CC(N)c1nnnn1-c1ccc(F)cc1Cl. The largest absolute Gasteiger partial charge is 0.321 e. The fraction of sp³-hybridized carbons (Fsp3) is 0.222. The van der Waals surface area contributed by atoms with Crippen LogP contribution in [0.3, 0.4) is 0 Å². The molecule has 1 unspecified atom stereocenters. The van der Waals surface area contributed by atoms with E-state index in [1.807, 2.05) is 0 Å². The molecule has 0 saturated heterocycles. The Hall–Kier alpha value is -1.53. The van der Waals surface area contributed by atoms with E-state index in [1.54, 1.807) is 6.92 Å². The Morgan fingerprint density at radius 2 is 2.25 bits per heavy atom. The zero-order chi connectivity index (χ0) is 11.7. The zero-order valence-electron chi connectivity index (χ0n) is 8.43. The number of nitrogens with zero attached hydrogens (tertiary/aromatic N) is 4. The Morgan fingerprint density at radius 1 is 1.50 bits per heavy atom. The van der Waals surface area contributed by atoms with Gasteiger partial charge in [-0.2, -0.15) is 4.68 Å². The summed E-state index contributed by atoms with van der Waals surface area (Å²) in [6.45, 7) is 1.75. The number of nitrogens with two attached hydrogens (primary N) is 1. The molecular formula is C9H9ClFN5. The van der Waals surface area contributed by atoms with Crippen molar-refractivity contribution < 1.29 is 4.39 Å². The molecule has 2 rings (SSSR count). The second-order valence-corrected chi connectivity index (χ2v) is 3.74. The number of hydrogen-bond donors (Lipinski definition) is 1. The molecule has 0 aliphatic carbocycles. The van der Waals surface area contributed by atoms with Crippen molar-refractivity contribution in [3.05, 3.63) is 34.9 Å². The minimum absolute atomic E-state index is 0.231. The van der Waals surface area contributed by atoms with Gasteiger partial charge in [-0.05, 0) is 35.5 Å². The van der Waals surface area contributed by atoms with Gasteiger partial charge in [0.2, 0.25) is 0 Å². The van der Waals surface area contributed by atoms with Crippen molar-refractivity contribution in [1.82, 2.24) is 20.2 Å². The molecule has 5 nitrogen and oxygen atoms in total. The highest BCUT2D eigenvalue weighted by Crippen LogP contribution is 2.22. The van der Waals surface area contributed by atoms with E-state index >= 15 is 0 Å². The Labute approximate surface area is 96.0 Å². The fourth-order valence-corrected chi connectivity index (χ4v) is 1.55. The van der Waals surface area contributed by atoms with Gasteiger partial charge >= 0.3 is 0 Å². The minimum Gasteiger partial charge on any atom is -0.321 e. The molecule has 0 fully saturated rings. The number of benzene rings is 1. The van der Waals surface area contributed by atoms with Gasteiger partial charge in [-0.1, -0.05) is 11.6 Å². The third-order valence-electron chi connectivity index (χ3n) is 2.04. The van der Waals surface area contributed by atoms with Crippen molar-refractivity contribution in [2.24, 2.45) is 5.73 Å². The van der Waals surface area contributed by atoms with Crippen molar-refractivity contribution in [3.63, 3.8) is 0 Å². The average molecular weight is 242 g/mol. The summed E-state index contributed by atoms with van der Waals surface area (Å²) in [5, 5.41) is 11.3. The van der Waals surface area contributed by atoms with Crippen molar-refractivity contribution in [1.29, 1.82) is 0 Å². The molecule has 0 aliphatic heterocycles. The molecule has 0 aliphatic rings. The summed E-state index contributed by atoms with van der Waals surface area (Å²) in [4.78, 5) is 0. The first-order valence-electron chi connectivity index (χ1n) is 4.59. The van der Waals surface area contributed by atoms with E-state index in [0.717, 1.165) is 0 Å². The molecule has 16 heavy (non-hydrogen) atoms. The van der Waals surface area contributed by atoms with E-state index in [9.17, 15) is 4.39 Å². The van der Waals surface area contributed by atoms with Gasteiger partial charge in [-0.3, -0.25) is 0 Å². The number of tetrazole rings is 1. The lowest BCUT2D eigenvalue weighted by molar-refractivity contribution is 0.625. The van der Waals surface area contributed by atoms with E-state index in [4.69, 9.17) is 17.3 Å². The van der Waals surface area contributed by atoms with Crippen LogP contribution in [-0.2, 0) is 0 Å². The smallest absolute Gasteiger partial charge is 0.173 e. The van der Waals surface area contributed by atoms with E-state index in [0.29, 0.717) is 11.5 Å². The quantitative estimate of drug-likeness (QED) is 0.865. The van der Waals surface area contributed by atoms with Crippen LogP contribution in [0.25, 0.3) is 5.69 Å². The van der Waals surface area contributed by atoms with E-state index in [1.165, 1.54) is 22.9 Å². The van der Waals surface area contributed by atoms with Crippen LogP contribution in [-0.4, -0.2) is 20.2 Å². The van der Waals surface area contributed by atoms with E-state index in [-0.39, 0.29) is 11.1 Å². The minimum atomic E-state index is -0.413. The summed E-state index contributed by atoms with van der Waals surface area (Å²) in [5.41, 5.74) is 6.20. The monoisotopic (exact) mass is 241 g/mol. The van der Waals surface area contributed by atoms with Crippen LogP contribution in [0.4, 0.5) is 4.39 Å². The molecular weight excluding hydrogens is 233 g/mol. The predicted molar refractivity (Wildman–Crippen MR) is 56.7 cm³/mol. The van der Waals surface area contributed by atoms with Crippen LogP contribution in [0.15, 0.2) is 18.2 Å². The molecule has 0 amide bonds. The maximum absolute atomic E-state index is 12.9. The molecule has 2 N–H and O–H groups in total. The molecule has 7 heteroatoms. The van der Waals surface area contributed by atoms with Crippen LogP contribution in [0, 0.1) is 5.82 Å². The van der Waals surface area contributed by atoms with Crippen molar-refractivity contribution in [3.8, 4) is 5.69 Å². The van der Waals surface area contributed by atoms with Gasteiger partial charge in [0.15, 0.2) is 5.82 Å². The van der Waals surface area contributed by atoms with Crippen molar-refractivity contribution >= 4 is 11.6 Å². The Balaban J connectivity index is 2.54. The average Bonchev–Trinajstić information content (AvgIpc) is 2.66. The molecule has 1 aromatic carbocycles. The summed E-state index contributed by atoms with van der Waals surface area (Å²) in [6.07, 6.45) is 0. The van der Waals surface area contributed by atoms with E-state index < -0.39 is 5.82 Å². The van der Waals surface area contributed by atoms with E-state index in [2.05, 4.69) is 15.5 Å². The lowest BCUT2D eigenvalue weighted by Gasteiger charge is -2.08. The second kappa shape index (κ2) is 4.15.